The van der Waals surface area contributed by atoms with Crippen LogP contribution in [0.1, 0.15) is 95.8 Å². The molecule has 0 atom stereocenters. The highest BCUT2D eigenvalue weighted by atomic mass is 32.2. The van der Waals surface area contributed by atoms with Crippen molar-refractivity contribution in [3.8, 4) is 0 Å². The van der Waals surface area contributed by atoms with E-state index in [2.05, 4.69) is 17.5 Å². The summed E-state index contributed by atoms with van der Waals surface area (Å²) in [6, 6.07) is 4.43. The fourth-order valence-electron chi connectivity index (χ4n) is 2.82. The lowest BCUT2D eigenvalue weighted by molar-refractivity contribution is 0.296. The van der Waals surface area contributed by atoms with E-state index < -0.39 is 0 Å². The summed E-state index contributed by atoms with van der Waals surface area (Å²) < 4.78 is 0. The monoisotopic (exact) mass is 386 g/mol. The number of aryl methyl sites for hydroxylation is 1. The van der Waals surface area contributed by atoms with Gasteiger partial charge in [-0.2, -0.15) is 11.8 Å². The fourth-order valence-corrected chi connectivity index (χ4v) is 4.51. The lowest BCUT2D eigenvalue weighted by Gasteiger charge is -2.03. The lowest BCUT2D eigenvalue weighted by atomic mass is 10.1. The SMILES string of the molecule is CC.OCCCSCCCCCCCCCCCCCc1cccs1. The molecule has 0 aromatic carbocycles. The summed E-state index contributed by atoms with van der Waals surface area (Å²) >= 11 is 3.90. The maximum atomic E-state index is 8.70. The van der Waals surface area contributed by atoms with Crippen LogP contribution in [0, 0.1) is 0 Å². The molecule has 0 aliphatic heterocycles. The summed E-state index contributed by atoms with van der Waals surface area (Å²) in [5.74, 6) is 2.41. The molecule has 0 saturated carbocycles. The molecule has 0 saturated heterocycles. The number of unbranched alkanes of at least 4 members (excludes halogenated alkanes) is 10. The van der Waals surface area contributed by atoms with Gasteiger partial charge in [-0.3, -0.25) is 0 Å². The summed E-state index contributed by atoms with van der Waals surface area (Å²) in [5.41, 5.74) is 0. The Morgan fingerprint density at radius 3 is 1.80 bits per heavy atom. The van der Waals surface area contributed by atoms with Crippen molar-refractivity contribution in [2.45, 2.75) is 97.3 Å². The van der Waals surface area contributed by atoms with Gasteiger partial charge >= 0.3 is 0 Å². The first kappa shape index (κ1) is 25.0. The minimum atomic E-state index is 0.349. The zero-order valence-corrected chi connectivity index (χ0v) is 18.4. The van der Waals surface area contributed by atoms with Crippen molar-refractivity contribution >= 4 is 23.1 Å². The molecule has 0 radical (unpaired) electrons. The van der Waals surface area contributed by atoms with E-state index in [0.717, 1.165) is 12.2 Å². The van der Waals surface area contributed by atoms with Crippen LogP contribution in [0.5, 0.6) is 0 Å². The minimum absolute atomic E-state index is 0.349. The topological polar surface area (TPSA) is 20.2 Å². The van der Waals surface area contributed by atoms with Crippen molar-refractivity contribution in [3.63, 3.8) is 0 Å². The summed E-state index contributed by atoms with van der Waals surface area (Å²) in [4.78, 5) is 1.55. The van der Waals surface area contributed by atoms with E-state index in [9.17, 15) is 0 Å². The van der Waals surface area contributed by atoms with Gasteiger partial charge in [0, 0.05) is 11.5 Å². The number of hydrogen-bond donors (Lipinski definition) is 1. The van der Waals surface area contributed by atoms with Gasteiger partial charge in [-0.25, -0.2) is 0 Å². The fraction of sp³-hybridized carbons (Fsp3) is 0.818. The van der Waals surface area contributed by atoms with Crippen LogP contribution in [0.3, 0.4) is 0 Å². The zero-order valence-electron chi connectivity index (χ0n) is 16.8. The molecule has 1 nitrogen and oxygen atoms in total. The van der Waals surface area contributed by atoms with Crippen LogP contribution >= 0.6 is 23.1 Å². The summed E-state index contributed by atoms with van der Waals surface area (Å²) in [7, 11) is 0. The van der Waals surface area contributed by atoms with Crippen LogP contribution in [0.25, 0.3) is 0 Å². The minimum Gasteiger partial charge on any atom is -0.396 e. The third kappa shape index (κ3) is 18.6. The second-order valence-electron chi connectivity index (χ2n) is 6.41. The standard InChI is InChI=1S/C20H36OS2.C2H6/c21-16-13-18-22-17-11-9-7-5-3-1-2-4-6-8-10-14-20-15-12-19-23-20;1-2/h12,15,19,21H,1-11,13-14,16-18H2;1-2H3. The molecule has 0 spiro atoms. The largest absolute Gasteiger partial charge is 0.396 e. The molecular formula is C22H42OS2. The van der Waals surface area contributed by atoms with Crippen molar-refractivity contribution < 1.29 is 5.11 Å². The van der Waals surface area contributed by atoms with Gasteiger partial charge in [0.05, 0.1) is 0 Å². The first-order chi connectivity index (χ1) is 12.4. The molecule has 0 bridgehead atoms. The van der Waals surface area contributed by atoms with Crippen molar-refractivity contribution in [1.82, 2.24) is 0 Å². The molecule has 1 rings (SSSR count). The molecule has 148 valence electrons. The Bertz CT molecular complexity index is 325. The van der Waals surface area contributed by atoms with Crippen LogP contribution in [0.2, 0.25) is 0 Å². The van der Waals surface area contributed by atoms with Gasteiger partial charge in [0.25, 0.3) is 0 Å². The van der Waals surface area contributed by atoms with Crippen LogP contribution < -0.4 is 0 Å². The maximum Gasteiger partial charge on any atom is 0.0438 e. The molecule has 0 aliphatic carbocycles. The molecular weight excluding hydrogens is 344 g/mol. The first-order valence-corrected chi connectivity index (χ1v) is 12.7. The Balaban J connectivity index is 0.00000277. The van der Waals surface area contributed by atoms with Gasteiger partial charge in [-0.05, 0) is 48.6 Å². The second-order valence-corrected chi connectivity index (χ2v) is 8.66. The zero-order chi connectivity index (χ0) is 18.4. The van der Waals surface area contributed by atoms with Crippen LogP contribution in [0.15, 0.2) is 17.5 Å². The molecule has 0 fully saturated rings. The van der Waals surface area contributed by atoms with Crippen molar-refractivity contribution in [2.75, 3.05) is 18.1 Å². The molecule has 1 aromatic rings. The van der Waals surface area contributed by atoms with E-state index in [1.165, 1.54) is 82.8 Å². The maximum absolute atomic E-state index is 8.70. The average molecular weight is 387 g/mol. The Labute approximate surface area is 166 Å². The number of hydrogen-bond acceptors (Lipinski definition) is 3. The Morgan fingerprint density at radius 2 is 1.28 bits per heavy atom. The van der Waals surface area contributed by atoms with Crippen LogP contribution in [-0.2, 0) is 6.42 Å². The quantitative estimate of drug-likeness (QED) is 0.276. The van der Waals surface area contributed by atoms with Crippen LogP contribution in [0.4, 0.5) is 0 Å². The van der Waals surface area contributed by atoms with E-state index in [1.807, 2.05) is 36.9 Å². The van der Waals surface area contributed by atoms with Crippen molar-refractivity contribution in [3.05, 3.63) is 22.4 Å². The van der Waals surface area contributed by atoms with Gasteiger partial charge in [0.15, 0.2) is 0 Å². The third-order valence-corrected chi connectivity index (χ3v) is 6.33. The first-order valence-electron chi connectivity index (χ1n) is 10.6. The summed E-state index contributed by atoms with van der Waals surface area (Å²) in [5, 5.41) is 10.9. The van der Waals surface area contributed by atoms with E-state index in [0.29, 0.717) is 6.61 Å². The normalized spacial score (nSPS) is 10.5. The van der Waals surface area contributed by atoms with Gasteiger partial charge in [0.2, 0.25) is 0 Å². The molecule has 3 heteroatoms. The number of rotatable bonds is 17. The van der Waals surface area contributed by atoms with Crippen LogP contribution in [-0.4, -0.2) is 23.2 Å². The second kappa shape index (κ2) is 22.1. The number of thioether (sulfide) groups is 1. The molecule has 1 N–H and O–H groups in total. The molecule has 1 heterocycles. The summed E-state index contributed by atoms with van der Waals surface area (Å²) in [6.07, 6.45) is 17.8. The summed E-state index contributed by atoms with van der Waals surface area (Å²) in [6.45, 7) is 4.35. The number of aliphatic hydroxyl groups excluding tert-OH is 1. The Morgan fingerprint density at radius 1 is 0.760 bits per heavy atom. The van der Waals surface area contributed by atoms with Crippen molar-refractivity contribution in [1.29, 1.82) is 0 Å². The van der Waals surface area contributed by atoms with E-state index in [4.69, 9.17) is 5.11 Å². The highest BCUT2D eigenvalue weighted by Crippen LogP contribution is 2.15. The van der Waals surface area contributed by atoms with Gasteiger partial charge in [-0.1, -0.05) is 77.7 Å². The average Bonchev–Trinajstić information content (AvgIpc) is 3.16. The van der Waals surface area contributed by atoms with Gasteiger partial charge < -0.3 is 5.11 Å². The molecule has 1 aromatic heterocycles. The predicted molar refractivity (Wildman–Crippen MR) is 119 cm³/mol. The molecule has 0 amide bonds. The van der Waals surface area contributed by atoms with Gasteiger partial charge in [-0.15, -0.1) is 11.3 Å². The number of thiophene rings is 1. The highest BCUT2D eigenvalue weighted by Gasteiger charge is 1.96. The number of aliphatic hydroxyl groups is 1. The molecule has 25 heavy (non-hydrogen) atoms. The highest BCUT2D eigenvalue weighted by molar-refractivity contribution is 7.99. The molecule has 0 unspecified atom stereocenters. The van der Waals surface area contributed by atoms with Crippen molar-refractivity contribution in [2.24, 2.45) is 0 Å². The predicted octanol–water partition coefficient (Wildman–Crippen LogP) is 7.72. The Hall–Kier alpha value is 0.01000. The van der Waals surface area contributed by atoms with E-state index >= 15 is 0 Å². The Kier molecular flexibility index (Phi) is 22.1. The lowest BCUT2D eigenvalue weighted by Crippen LogP contribution is -1.88. The third-order valence-electron chi connectivity index (χ3n) is 4.24. The smallest absolute Gasteiger partial charge is 0.0438 e. The van der Waals surface area contributed by atoms with Gasteiger partial charge in [0.1, 0.15) is 0 Å². The molecule has 0 aliphatic rings. The van der Waals surface area contributed by atoms with E-state index in [-0.39, 0.29) is 0 Å². The van der Waals surface area contributed by atoms with E-state index in [1.54, 1.807) is 4.88 Å².